The van der Waals surface area contributed by atoms with E-state index in [0.717, 1.165) is 79.1 Å². The summed E-state index contributed by atoms with van der Waals surface area (Å²) < 4.78 is 44.0. The third-order valence-corrected chi connectivity index (χ3v) is 12.7. The maximum atomic E-state index is 15.1. The summed E-state index contributed by atoms with van der Waals surface area (Å²) in [6, 6.07) is 12.7. The zero-order chi connectivity index (χ0) is 35.9. The fourth-order valence-electron chi connectivity index (χ4n) is 9.26. The van der Waals surface area contributed by atoms with Crippen molar-refractivity contribution in [3.63, 3.8) is 0 Å². The van der Waals surface area contributed by atoms with Gasteiger partial charge in [0.2, 0.25) is 11.8 Å². The largest absolute Gasteiger partial charge is 0.371 e. The molecule has 0 radical (unpaired) electrons. The van der Waals surface area contributed by atoms with Gasteiger partial charge in [-0.15, -0.1) is 0 Å². The van der Waals surface area contributed by atoms with Gasteiger partial charge in [0.05, 0.1) is 11.6 Å². The fraction of sp³-hybridized carbons (Fsp3) is 0.487. The maximum Gasteiger partial charge on any atom is 0.258 e. The second-order valence-electron chi connectivity index (χ2n) is 15.7. The SMILES string of the molecule is CC12Cc3[nH]nc(-c4cc5ccc(C(=O)N6CCN(CC7CCN(c8ccc(C9CCC(=O)NC9=O)c(F)c8)CC7)CC6)cc5[nH]4)c3CC1C2(F)F. The van der Waals surface area contributed by atoms with Gasteiger partial charge in [-0.05, 0) is 61.9 Å². The monoisotopic (exact) mass is 713 g/mol. The number of carbonyl (C=O) groups is 3. The molecule has 5 aliphatic rings. The van der Waals surface area contributed by atoms with Crippen LogP contribution in [0.15, 0.2) is 42.5 Å². The number of imide groups is 1. The van der Waals surface area contributed by atoms with Crippen molar-refractivity contribution in [2.24, 2.45) is 17.3 Å². The summed E-state index contributed by atoms with van der Waals surface area (Å²) in [7, 11) is 0. The predicted octanol–water partition coefficient (Wildman–Crippen LogP) is 5.26. The summed E-state index contributed by atoms with van der Waals surface area (Å²) in [6.07, 6.45) is 3.12. The van der Waals surface area contributed by atoms with Crippen molar-refractivity contribution in [3.8, 4) is 11.4 Å². The number of H-pyrrole nitrogens is 2. The van der Waals surface area contributed by atoms with E-state index < -0.39 is 34.9 Å². The van der Waals surface area contributed by atoms with Crippen molar-refractivity contribution < 1.29 is 27.6 Å². The second-order valence-corrected chi connectivity index (χ2v) is 15.7. The summed E-state index contributed by atoms with van der Waals surface area (Å²) in [4.78, 5) is 47.3. The van der Waals surface area contributed by atoms with Crippen LogP contribution in [0.3, 0.4) is 0 Å². The Balaban J connectivity index is 0.772. The van der Waals surface area contributed by atoms with Gasteiger partial charge in [-0.3, -0.25) is 29.7 Å². The van der Waals surface area contributed by atoms with E-state index in [0.29, 0.717) is 55.1 Å². The molecule has 9 rings (SSSR count). The average Bonchev–Trinajstić information content (AvgIpc) is 3.52. The normalized spacial score (nSPS) is 26.3. The maximum absolute atomic E-state index is 15.1. The first-order valence-electron chi connectivity index (χ1n) is 18.5. The van der Waals surface area contributed by atoms with E-state index in [4.69, 9.17) is 0 Å². The fourth-order valence-corrected chi connectivity index (χ4v) is 9.26. The zero-order valence-electron chi connectivity index (χ0n) is 29.1. The average molecular weight is 714 g/mol. The van der Waals surface area contributed by atoms with Gasteiger partial charge < -0.3 is 14.8 Å². The van der Waals surface area contributed by atoms with E-state index in [-0.39, 0.29) is 18.2 Å². The molecule has 4 aromatic rings. The third kappa shape index (κ3) is 5.50. The van der Waals surface area contributed by atoms with Gasteiger partial charge in [-0.2, -0.15) is 5.10 Å². The molecular formula is C39H42F3N7O3. The second kappa shape index (κ2) is 12.2. The molecule has 3 saturated heterocycles. The molecule has 3 aliphatic heterocycles. The lowest BCUT2D eigenvalue weighted by Crippen LogP contribution is -2.50. The van der Waals surface area contributed by atoms with Gasteiger partial charge in [-0.25, -0.2) is 13.2 Å². The van der Waals surface area contributed by atoms with E-state index in [9.17, 15) is 23.2 Å². The first kappa shape index (κ1) is 33.2. The predicted molar refractivity (Wildman–Crippen MR) is 189 cm³/mol. The number of alkyl halides is 2. The topological polar surface area (TPSA) is 117 Å². The number of fused-ring (bicyclic) bond motifs is 3. The Hall–Kier alpha value is -4.65. The Bertz CT molecular complexity index is 2090. The first-order valence-corrected chi connectivity index (χ1v) is 18.5. The molecule has 0 spiro atoms. The van der Waals surface area contributed by atoms with Crippen molar-refractivity contribution >= 4 is 34.3 Å². The molecule has 0 bridgehead atoms. The molecule has 5 heterocycles. The number of aromatic nitrogens is 3. The molecule has 2 aliphatic carbocycles. The Labute approximate surface area is 299 Å². The molecule has 2 aromatic heterocycles. The molecule has 3 N–H and O–H groups in total. The number of hydrogen-bond donors (Lipinski definition) is 3. The first-order chi connectivity index (χ1) is 25.0. The van der Waals surface area contributed by atoms with Crippen molar-refractivity contribution in [3.05, 3.63) is 70.7 Å². The van der Waals surface area contributed by atoms with E-state index in [2.05, 4.69) is 30.3 Å². The number of nitrogens with zero attached hydrogens (tertiary/aromatic N) is 4. The van der Waals surface area contributed by atoms with Crippen LogP contribution < -0.4 is 10.2 Å². The Morgan fingerprint density at radius 2 is 1.77 bits per heavy atom. The number of piperidine rings is 2. The molecule has 3 unspecified atom stereocenters. The molecule has 2 aromatic carbocycles. The summed E-state index contributed by atoms with van der Waals surface area (Å²) in [6.45, 7) is 7.17. The number of amides is 3. The van der Waals surface area contributed by atoms with Gasteiger partial charge in [0, 0.05) is 109 Å². The Morgan fingerprint density at radius 3 is 2.52 bits per heavy atom. The highest BCUT2D eigenvalue weighted by Gasteiger charge is 2.78. The summed E-state index contributed by atoms with van der Waals surface area (Å²) in [5.74, 6) is -4.58. The Morgan fingerprint density at radius 1 is 0.981 bits per heavy atom. The van der Waals surface area contributed by atoms with Crippen LogP contribution >= 0.6 is 0 Å². The quantitative estimate of drug-likeness (QED) is 0.235. The van der Waals surface area contributed by atoms with Crippen LogP contribution in [0.4, 0.5) is 18.9 Å². The van der Waals surface area contributed by atoms with Crippen LogP contribution in [0, 0.1) is 23.1 Å². The minimum absolute atomic E-state index is 0.00531. The van der Waals surface area contributed by atoms with Crippen molar-refractivity contribution in [2.45, 2.75) is 57.3 Å². The summed E-state index contributed by atoms with van der Waals surface area (Å²) in [5.41, 5.74) is 4.69. The number of hydrogen-bond acceptors (Lipinski definition) is 6. The van der Waals surface area contributed by atoms with Crippen LogP contribution in [-0.4, -0.2) is 94.4 Å². The highest BCUT2D eigenvalue weighted by molar-refractivity contribution is 6.01. The van der Waals surface area contributed by atoms with E-state index >= 15 is 4.39 Å². The van der Waals surface area contributed by atoms with Gasteiger partial charge in [0.25, 0.3) is 11.8 Å². The molecule has 1 saturated carbocycles. The molecule has 3 atom stereocenters. The van der Waals surface area contributed by atoms with Crippen LogP contribution in [0.5, 0.6) is 0 Å². The van der Waals surface area contributed by atoms with E-state index in [1.165, 1.54) is 6.07 Å². The van der Waals surface area contributed by atoms with Crippen LogP contribution in [0.2, 0.25) is 0 Å². The lowest BCUT2D eigenvalue weighted by molar-refractivity contribution is -0.134. The molecule has 4 fully saturated rings. The summed E-state index contributed by atoms with van der Waals surface area (Å²) >= 11 is 0. The number of halogens is 3. The smallest absolute Gasteiger partial charge is 0.258 e. The number of carbonyl (C=O) groups excluding carboxylic acids is 3. The molecule has 52 heavy (non-hydrogen) atoms. The molecule has 3 amide bonds. The Kier molecular flexibility index (Phi) is 7.80. The van der Waals surface area contributed by atoms with E-state index in [1.807, 2.05) is 35.2 Å². The highest BCUT2D eigenvalue weighted by atomic mass is 19.3. The van der Waals surface area contributed by atoms with Crippen molar-refractivity contribution in [1.29, 1.82) is 0 Å². The highest BCUT2D eigenvalue weighted by Crippen LogP contribution is 2.70. The third-order valence-electron chi connectivity index (χ3n) is 12.7. The van der Waals surface area contributed by atoms with Crippen LogP contribution in [0.1, 0.15) is 65.7 Å². The zero-order valence-corrected chi connectivity index (χ0v) is 29.1. The lowest BCUT2D eigenvalue weighted by Gasteiger charge is -2.39. The number of aromatic amines is 2. The van der Waals surface area contributed by atoms with E-state index in [1.54, 1.807) is 13.0 Å². The number of rotatable bonds is 6. The number of benzene rings is 2. The molecule has 13 heteroatoms. The van der Waals surface area contributed by atoms with Gasteiger partial charge in [0.15, 0.2) is 0 Å². The molecular weight excluding hydrogens is 671 g/mol. The number of anilines is 1. The van der Waals surface area contributed by atoms with Crippen molar-refractivity contribution in [2.75, 3.05) is 50.7 Å². The minimum Gasteiger partial charge on any atom is -0.371 e. The van der Waals surface area contributed by atoms with Crippen LogP contribution in [-0.2, 0) is 22.4 Å². The standard InChI is InChI=1S/C39H42F3N7O3/c1-38-20-32-28(19-33(38)39(38,41)42)35(46-45-32)31-16-23-2-3-24(17-30(23)43-31)37(52)49-14-12-47(13-15-49)21-22-8-10-48(11-9-22)25-4-5-26(29(40)18-25)27-6-7-34(50)44-36(27)51/h2-5,16-18,22,27,33,43H,6-15,19-21H2,1H3,(H,45,46)(H,44,50,51). The minimum atomic E-state index is -2.65. The van der Waals surface area contributed by atoms with Crippen LogP contribution in [0.25, 0.3) is 22.3 Å². The van der Waals surface area contributed by atoms with Crippen molar-refractivity contribution in [1.82, 2.24) is 30.3 Å². The summed E-state index contributed by atoms with van der Waals surface area (Å²) in [5, 5.41) is 10.8. The molecule has 10 nitrogen and oxygen atoms in total. The van der Waals surface area contributed by atoms with Gasteiger partial charge in [-0.1, -0.05) is 19.1 Å². The van der Waals surface area contributed by atoms with Gasteiger partial charge in [0.1, 0.15) is 11.5 Å². The van der Waals surface area contributed by atoms with Gasteiger partial charge >= 0.3 is 0 Å². The number of nitrogens with one attached hydrogen (secondary N) is 3. The lowest BCUT2D eigenvalue weighted by atomic mass is 9.87. The molecule has 272 valence electrons. The number of piperazine rings is 1.